The summed E-state index contributed by atoms with van der Waals surface area (Å²) >= 11 is 0. The number of nitrogens with zero attached hydrogens (tertiary/aromatic N) is 9. The lowest BCUT2D eigenvalue weighted by molar-refractivity contribution is -0.120. The number of pyridine rings is 1. The van der Waals surface area contributed by atoms with Crippen molar-refractivity contribution in [3.05, 3.63) is 71.2 Å². The van der Waals surface area contributed by atoms with Gasteiger partial charge in [-0.25, -0.2) is 18.0 Å². The Morgan fingerprint density at radius 2 is 1.67 bits per heavy atom. The summed E-state index contributed by atoms with van der Waals surface area (Å²) in [6.07, 6.45) is 11.8. The molecule has 3 aromatic heterocycles. The number of piperidine rings is 3. The van der Waals surface area contributed by atoms with Crippen LogP contribution in [0.3, 0.4) is 0 Å². The number of urea groups is 1. The molecule has 2 saturated carbocycles. The number of ether oxygens (including phenoxy) is 1. The van der Waals surface area contributed by atoms with E-state index < -0.39 is 23.3 Å². The Bertz CT molecular complexity index is 3190. The molecule has 7 heterocycles. The molecule has 73 heavy (non-hydrogen) atoms. The number of benzene rings is 3. The number of phenolic OH excluding ortho intramolecular Hbond substituents is 1. The number of carbonyl (C=O) groups excluding carboxylic acids is 2. The number of imide groups is 1. The first kappa shape index (κ1) is 47.9. The van der Waals surface area contributed by atoms with Gasteiger partial charge in [-0.15, -0.1) is 0 Å². The average molecular weight is 1000 g/mol. The predicted molar refractivity (Wildman–Crippen MR) is 271 cm³/mol. The lowest BCUT2D eigenvalue weighted by Gasteiger charge is -2.56. The third-order valence-corrected chi connectivity index (χ3v) is 17.4. The number of phenols is 1. The Balaban J connectivity index is 0.689. The van der Waals surface area contributed by atoms with Crippen LogP contribution in [0.25, 0.3) is 43.8 Å². The highest BCUT2D eigenvalue weighted by atomic mass is 19.1. The first-order valence-electron chi connectivity index (χ1n) is 26.2. The lowest BCUT2D eigenvalue weighted by Crippen LogP contribution is -2.56. The van der Waals surface area contributed by atoms with Crippen molar-refractivity contribution in [3.8, 4) is 23.0 Å². The Hall–Kier alpha value is -6.11. The second-order valence-electron chi connectivity index (χ2n) is 22.5. The number of amides is 3. The molecule has 1 spiro atoms. The SMILES string of the molecule is CCc1c(F)ccc2cc(O)cc(-c3ncc4c(N5CCC[C@@](C)(O)C5)nc(OCC5(CN6CCC7(CC6)CC(N6CCC(c8cc9c(cc8F)c(N8CCC(=O)NC8=O)nn9C)CC6)C7)CC5)nc4c3F)c12. The molecule has 6 aliphatic rings. The molecular formula is C55H63F3N10O5. The Kier molecular flexibility index (Phi) is 11.9. The van der Waals surface area contributed by atoms with Crippen molar-refractivity contribution < 1.29 is 37.7 Å². The number of hydrogen-bond donors (Lipinski definition) is 3. The highest BCUT2D eigenvalue weighted by molar-refractivity contribution is 6.09. The van der Waals surface area contributed by atoms with Gasteiger partial charge in [0.25, 0.3) is 0 Å². The molecule has 384 valence electrons. The summed E-state index contributed by atoms with van der Waals surface area (Å²) in [6, 6.07) is 9.36. The number of halogens is 3. The van der Waals surface area contributed by atoms with E-state index in [1.807, 2.05) is 17.9 Å². The van der Waals surface area contributed by atoms with Gasteiger partial charge in [0.2, 0.25) is 5.91 Å². The molecular weight excluding hydrogens is 938 g/mol. The van der Waals surface area contributed by atoms with Gasteiger partial charge in [0.15, 0.2) is 11.6 Å². The van der Waals surface area contributed by atoms with Crippen LogP contribution < -0.4 is 19.9 Å². The van der Waals surface area contributed by atoms with E-state index in [2.05, 4.69) is 25.2 Å². The predicted octanol–water partition coefficient (Wildman–Crippen LogP) is 8.50. The second-order valence-corrected chi connectivity index (χ2v) is 22.5. The van der Waals surface area contributed by atoms with Crippen LogP contribution in [0.1, 0.15) is 102 Å². The summed E-state index contributed by atoms with van der Waals surface area (Å²) in [5.41, 5.74) is 1.39. The summed E-state index contributed by atoms with van der Waals surface area (Å²) in [4.78, 5) is 47.1. The van der Waals surface area contributed by atoms with Crippen molar-refractivity contribution in [2.45, 2.75) is 108 Å². The quantitative estimate of drug-likeness (QED) is 0.114. The van der Waals surface area contributed by atoms with Gasteiger partial charge in [-0.05, 0) is 167 Å². The number of rotatable bonds is 11. The van der Waals surface area contributed by atoms with Crippen LogP contribution in [0.2, 0.25) is 0 Å². The Labute approximate surface area is 421 Å². The number of likely N-dealkylation sites (tertiary alicyclic amines) is 2. The van der Waals surface area contributed by atoms with Gasteiger partial charge < -0.3 is 29.6 Å². The maximum atomic E-state index is 17.2. The molecule has 4 saturated heterocycles. The van der Waals surface area contributed by atoms with Crippen molar-refractivity contribution in [1.29, 1.82) is 0 Å². The lowest BCUT2D eigenvalue weighted by atomic mass is 9.59. The van der Waals surface area contributed by atoms with E-state index in [0.29, 0.717) is 88.3 Å². The van der Waals surface area contributed by atoms with Gasteiger partial charge in [0.05, 0.1) is 23.1 Å². The van der Waals surface area contributed by atoms with E-state index in [0.717, 1.165) is 83.2 Å². The topological polar surface area (TPSA) is 165 Å². The molecule has 3 N–H and O–H groups in total. The number of aliphatic hydroxyl groups is 1. The zero-order chi connectivity index (χ0) is 50.6. The molecule has 3 aromatic carbocycles. The highest BCUT2D eigenvalue weighted by Gasteiger charge is 2.51. The number of aromatic nitrogens is 5. The van der Waals surface area contributed by atoms with E-state index in [1.54, 1.807) is 24.7 Å². The smallest absolute Gasteiger partial charge is 0.329 e. The number of aromatic hydroxyl groups is 1. The fourth-order valence-electron chi connectivity index (χ4n) is 13.1. The third kappa shape index (κ3) is 8.79. The van der Waals surface area contributed by atoms with E-state index in [1.165, 1.54) is 48.2 Å². The van der Waals surface area contributed by atoms with Crippen LogP contribution in [-0.2, 0) is 18.3 Å². The van der Waals surface area contributed by atoms with Gasteiger partial charge >= 0.3 is 12.0 Å². The van der Waals surface area contributed by atoms with E-state index in [9.17, 15) is 19.8 Å². The molecule has 0 radical (unpaired) electrons. The largest absolute Gasteiger partial charge is 0.508 e. The van der Waals surface area contributed by atoms with Crippen LogP contribution >= 0.6 is 0 Å². The maximum Gasteiger partial charge on any atom is 0.329 e. The third-order valence-electron chi connectivity index (χ3n) is 17.4. The number of nitrogens with one attached hydrogen (secondary N) is 1. The standard InChI is InChI=1S/C55H63F3N10O5/c1-4-36-41(56)7-6-33-22-35(69)23-39(45(33)36)47-46(58)48-40(28-59-47)49(67-16-5-11-53(2,72)29-67)62-51(61-48)73-31-55(12-13-55)30-65-20-14-54(15-21-65)26-34(27-54)66-17-8-32(9-18-66)37-25-43-38(24-42(37)57)50(63-64(43)3)68-19-10-44(70)60-52(68)71/h6-7,22-25,28,32,34,69,72H,4-5,8-21,26-27,29-31H2,1-3H3,(H,60,70,71)/t53-/m1/s1. The van der Waals surface area contributed by atoms with Crippen LogP contribution in [0.4, 0.5) is 29.6 Å². The summed E-state index contributed by atoms with van der Waals surface area (Å²) in [6.45, 7) is 9.91. The molecule has 2 aliphatic carbocycles. The zero-order valence-corrected chi connectivity index (χ0v) is 41.8. The number of carbonyl (C=O) groups is 2. The summed E-state index contributed by atoms with van der Waals surface area (Å²) in [5, 5.41) is 30.8. The molecule has 1 atom stereocenters. The van der Waals surface area contributed by atoms with Gasteiger partial charge in [0.1, 0.15) is 34.4 Å². The number of β-amino-alcohol motifs (C(OH)–C–C–N with tert-alkyl or cyclic N) is 1. The summed E-state index contributed by atoms with van der Waals surface area (Å²) in [5.74, 6) is -0.944. The maximum absolute atomic E-state index is 17.2. The first-order valence-corrected chi connectivity index (χ1v) is 26.2. The van der Waals surface area contributed by atoms with E-state index in [-0.39, 0.29) is 64.6 Å². The molecule has 6 aromatic rings. The van der Waals surface area contributed by atoms with Gasteiger partial charge in [-0.1, -0.05) is 13.0 Å². The average Bonchev–Trinajstić information content (AvgIpc) is 4.05. The Morgan fingerprint density at radius 1 is 0.890 bits per heavy atom. The first-order chi connectivity index (χ1) is 35.1. The molecule has 15 nitrogen and oxygen atoms in total. The molecule has 6 fully saturated rings. The molecule has 12 rings (SSSR count). The summed E-state index contributed by atoms with van der Waals surface area (Å²) < 4.78 is 56.4. The Morgan fingerprint density at radius 3 is 2.40 bits per heavy atom. The van der Waals surface area contributed by atoms with Gasteiger partial charge in [0, 0.05) is 68.3 Å². The van der Waals surface area contributed by atoms with Crippen molar-refractivity contribution in [3.63, 3.8) is 0 Å². The van der Waals surface area contributed by atoms with Crippen LogP contribution in [0, 0.1) is 28.3 Å². The van der Waals surface area contributed by atoms with Crippen LogP contribution in [0.5, 0.6) is 11.8 Å². The van der Waals surface area contributed by atoms with Crippen LogP contribution in [0.15, 0.2) is 42.6 Å². The fourth-order valence-corrected chi connectivity index (χ4v) is 13.1. The monoisotopic (exact) mass is 1000 g/mol. The molecule has 3 amide bonds. The summed E-state index contributed by atoms with van der Waals surface area (Å²) in [7, 11) is 1.80. The molecule has 0 bridgehead atoms. The second kappa shape index (κ2) is 18.1. The van der Waals surface area contributed by atoms with Crippen molar-refractivity contribution in [2.75, 3.05) is 68.8 Å². The van der Waals surface area contributed by atoms with Crippen molar-refractivity contribution in [2.24, 2.45) is 17.9 Å². The number of aryl methyl sites for hydroxylation is 2. The number of anilines is 2. The zero-order valence-electron chi connectivity index (χ0n) is 41.8. The van der Waals surface area contributed by atoms with E-state index in [4.69, 9.17) is 14.7 Å². The van der Waals surface area contributed by atoms with Crippen molar-refractivity contribution >= 4 is 56.2 Å². The van der Waals surface area contributed by atoms with Gasteiger partial charge in [-0.3, -0.25) is 24.7 Å². The number of fused-ring (bicyclic) bond motifs is 3. The van der Waals surface area contributed by atoms with E-state index >= 15 is 13.2 Å². The molecule has 18 heteroatoms. The minimum absolute atomic E-state index is 0.00847. The normalized spacial score (nSPS) is 22.9. The highest BCUT2D eigenvalue weighted by Crippen LogP contribution is 2.54. The van der Waals surface area contributed by atoms with Crippen molar-refractivity contribution in [1.82, 2.24) is 39.8 Å². The molecule has 0 unspecified atom stereocenters. The minimum Gasteiger partial charge on any atom is -0.508 e. The molecule has 4 aliphatic heterocycles. The number of hydrogen-bond acceptors (Lipinski definition) is 12. The van der Waals surface area contributed by atoms with Crippen LogP contribution in [-0.4, -0.2) is 127 Å². The minimum atomic E-state index is -0.971. The fraction of sp³-hybridized carbons (Fsp3) is 0.527. The van der Waals surface area contributed by atoms with Gasteiger partial charge in [-0.2, -0.15) is 15.1 Å².